The Hall–Kier alpha value is -0.840. The number of aromatic nitrogens is 1. The Morgan fingerprint density at radius 3 is 3.21 bits per heavy atom. The molecule has 14 heavy (non-hydrogen) atoms. The smallest absolute Gasteiger partial charge is 0.103 e. The lowest BCUT2D eigenvalue weighted by Crippen LogP contribution is -2.40. The number of rotatable bonds is 4. The Bertz CT molecular complexity index is 266. The maximum Gasteiger partial charge on any atom is 0.103 e. The fraction of sp³-hybridized carbons (Fsp3) is 0.600. The number of aromatic amines is 1. The lowest BCUT2D eigenvalue weighted by Gasteiger charge is -2.20. The molecule has 3 N–H and O–H groups in total. The van der Waals surface area contributed by atoms with Crippen LogP contribution in [0.1, 0.15) is 12.1 Å². The molecule has 1 aliphatic heterocycles. The Morgan fingerprint density at radius 1 is 1.64 bits per heavy atom. The van der Waals surface area contributed by atoms with Crippen LogP contribution in [0.5, 0.6) is 0 Å². The molecule has 4 heteroatoms. The largest absolute Gasteiger partial charge is 0.386 e. The predicted octanol–water partition coefficient (Wildman–Crippen LogP) is 0.256. The number of H-pyrrole nitrogens is 1. The van der Waals surface area contributed by atoms with Crippen LogP contribution in [-0.2, 0) is 11.3 Å². The van der Waals surface area contributed by atoms with Gasteiger partial charge in [-0.05, 0) is 12.1 Å². The zero-order chi connectivity index (χ0) is 9.86. The molecule has 2 rings (SSSR count). The second-order valence-corrected chi connectivity index (χ2v) is 3.83. The Kier molecular flexibility index (Phi) is 2.86. The zero-order valence-electron chi connectivity index (χ0n) is 8.12. The molecule has 0 amide bonds. The summed E-state index contributed by atoms with van der Waals surface area (Å²) in [5.41, 5.74) is 0.472. The minimum absolute atomic E-state index is 0.449. The first-order valence-electron chi connectivity index (χ1n) is 4.92. The van der Waals surface area contributed by atoms with E-state index in [1.54, 1.807) is 0 Å². The van der Waals surface area contributed by atoms with E-state index >= 15 is 0 Å². The quantitative estimate of drug-likeness (QED) is 0.647. The molecule has 1 aromatic rings. The minimum atomic E-state index is -0.660. The van der Waals surface area contributed by atoms with Crippen LogP contribution in [0.3, 0.4) is 0 Å². The van der Waals surface area contributed by atoms with Crippen LogP contribution in [0.25, 0.3) is 0 Å². The molecule has 1 aromatic heterocycles. The summed E-state index contributed by atoms with van der Waals surface area (Å²) in [6, 6.07) is 3.98. The van der Waals surface area contributed by atoms with Crippen LogP contribution in [0.4, 0.5) is 0 Å². The van der Waals surface area contributed by atoms with Gasteiger partial charge in [0.05, 0.1) is 6.61 Å². The van der Waals surface area contributed by atoms with E-state index < -0.39 is 5.60 Å². The van der Waals surface area contributed by atoms with Gasteiger partial charge in [0.15, 0.2) is 0 Å². The van der Waals surface area contributed by atoms with Crippen LogP contribution in [0.2, 0.25) is 0 Å². The molecule has 0 saturated carbocycles. The van der Waals surface area contributed by atoms with E-state index in [-0.39, 0.29) is 0 Å². The van der Waals surface area contributed by atoms with Crippen molar-refractivity contribution in [1.82, 2.24) is 10.3 Å². The second-order valence-electron chi connectivity index (χ2n) is 3.83. The lowest BCUT2D eigenvalue weighted by molar-refractivity contribution is 0.0268. The van der Waals surface area contributed by atoms with Crippen molar-refractivity contribution in [3.05, 3.63) is 24.0 Å². The molecule has 1 fully saturated rings. The van der Waals surface area contributed by atoms with Crippen molar-refractivity contribution in [2.75, 3.05) is 19.8 Å². The molecule has 0 bridgehead atoms. The highest BCUT2D eigenvalue weighted by atomic mass is 16.5. The number of hydrogen-bond donors (Lipinski definition) is 3. The van der Waals surface area contributed by atoms with Gasteiger partial charge in [0.25, 0.3) is 0 Å². The lowest BCUT2D eigenvalue weighted by atomic mass is 10.0. The van der Waals surface area contributed by atoms with E-state index in [0.717, 1.165) is 18.7 Å². The Labute approximate surface area is 83.3 Å². The molecule has 0 radical (unpaired) electrons. The number of ether oxygens (including phenoxy) is 1. The van der Waals surface area contributed by atoms with Crippen molar-refractivity contribution >= 4 is 0 Å². The van der Waals surface area contributed by atoms with E-state index in [2.05, 4.69) is 10.3 Å². The van der Waals surface area contributed by atoms with Crippen molar-refractivity contribution in [3.63, 3.8) is 0 Å². The molecule has 1 saturated heterocycles. The highest BCUT2D eigenvalue weighted by Gasteiger charge is 2.31. The van der Waals surface area contributed by atoms with Crippen LogP contribution in [0, 0.1) is 0 Å². The van der Waals surface area contributed by atoms with Crippen molar-refractivity contribution < 1.29 is 9.84 Å². The van der Waals surface area contributed by atoms with Gasteiger partial charge in [-0.3, -0.25) is 0 Å². The normalized spacial score (nSPS) is 26.9. The molecule has 1 unspecified atom stereocenters. The second kappa shape index (κ2) is 4.13. The third-order valence-corrected chi connectivity index (χ3v) is 2.51. The van der Waals surface area contributed by atoms with Gasteiger partial charge in [-0.1, -0.05) is 0 Å². The summed E-state index contributed by atoms with van der Waals surface area (Å²) >= 11 is 0. The van der Waals surface area contributed by atoms with Crippen LogP contribution in [0.15, 0.2) is 18.3 Å². The minimum Gasteiger partial charge on any atom is -0.386 e. The van der Waals surface area contributed by atoms with E-state index in [1.807, 2.05) is 18.3 Å². The molecule has 4 nitrogen and oxygen atoms in total. The van der Waals surface area contributed by atoms with Gasteiger partial charge < -0.3 is 20.1 Å². The summed E-state index contributed by atoms with van der Waals surface area (Å²) in [7, 11) is 0. The Morgan fingerprint density at radius 2 is 2.57 bits per heavy atom. The van der Waals surface area contributed by atoms with Gasteiger partial charge in [0.1, 0.15) is 5.60 Å². The SMILES string of the molecule is OC1(CNCc2ccc[nH]2)CCOC1. The molecule has 0 aromatic carbocycles. The maximum absolute atomic E-state index is 9.92. The van der Waals surface area contributed by atoms with E-state index in [9.17, 15) is 5.11 Å². The van der Waals surface area contributed by atoms with Crippen molar-refractivity contribution in [2.45, 2.75) is 18.6 Å². The predicted molar refractivity (Wildman–Crippen MR) is 52.9 cm³/mol. The summed E-state index contributed by atoms with van der Waals surface area (Å²) in [6.45, 7) is 2.47. The van der Waals surface area contributed by atoms with Gasteiger partial charge in [0, 0.05) is 38.0 Å². The molecule has 2 heterocycles. The average Bonchev–Trinajstić information content (AvgIpc) is 2.77. The van der Waals surface area contributed by atoms with Gasteiger partial charge >= 0.3 is 0 Å². The molecule has 78 valence electrons. The maximum atomic E-state index is 9.92. The fourth-order valence-corrected chi connectivity index (χ4v) is 1.64. The van der Waals surface area contributed by atoms with E-state index in [0.29, 0.717) is 19.8 Å². The van der Waals surface area contributed by atoms with Crippen LogP contribution < -0.4 is 5.32 Å². The third-order valence-electron chi connectivity index (χ3n) is 2.51. The molecule has 1 atom stereocenters. The summed E-state index contributed by atoms with van der Waals surface area (Å²) in [5.74, 6) is 0. The van der Waals surface area contributed by atoms with Gasteiger partial charge in [-0.2, -0.15) is 0 Å². The highest BCUT2D eigenvalue weighted by Crippen LogP contribution is 2.16. The number of aliphatic hydroxyl groups is 1. The number of nitrogens with one attached hydrogen (secondary N) is 2. The van der Waals surface area contributed by atoms with Gasteiger partial charge in [-0.15, -0.1) is 0 Å². The number of hydrogen-bond acceptors (Lipinski definition) is 3. The Balaban J connectivity index is 1.72. The van der Waals surface area contributed by atoms with Crippen LogP contribution >= 0.6 is 0 Å². The van der Waals surface area contributed by atoms with E-state index in [4.69, 9.17) is 4.74 Å². The average molecular weight is 196 g/mol. The third kappa shape index (κ3) is 2.35. The molecular formula is C10H16N2O2. The topological polar surface area (TPSA) is 57.3 Å². The first-order valence-corrected chi connectivity index (χ1v) is 4.92. The highest BCUT2D eigenvalue weighted by molar-refractivity contribution is 5.03. The molecule has 1 aliphatic rings. The van der Waals surface area contributed by atoms with Gasteiger partial charge in [0.2, 0.25) is 0 Å². The van der Waals surface area contributed by atoms with Crippen molar-refractivity contribution in [2.24, 2.45) is 0 Å². The zero-order valence-corrected chi connectivity index (χ0v) is 8.12. The summed E-state index contributed by atoms with van der Waals surface area (Å²) in [6.07, 6.45) is 2.62. The summed E-state index contributed by atoms with van der Waals surface area (Å²) < 4.78 is 5.15. The molecule has 0 spiro atoms. The molecule has 0 aliphatic carbocycles. The van der Waals surface area contributed by atoms with Crippen molar-refractivity contribution in [1.29, 1.82) is 0 Å². The van der Waals surface area contributed by atoms with Crippen molar-refractivity contribution in [3.8, 4) is 0 Å². The summed E-state index contributed by atoms with van der Waals surface area (Å²) in [4.78, 5) is 3.10. The van der Waals surface area contributed by atoms with E-state index in [1.165, 1.54) is 0 Å². The van der Waals surface area contributed by atoms with Crippen LogP contribution in [-0.4, -0.2) is 35.5 Å². The fourth-order valence-electron chi connectivity index (χ4n) is 1.64. The first-order chi connectivity index (χ1) is 6.79. The standard InChI is InChI=1S/C10H16N2O2/c13-10(3-5-14-8-10)7-11-6-9-2-1-4-12-9/h1-2,4,11-13H,3,5-8H2. The molecular weight excluding hydrogens is 180 g/mol. The van der Waals surface area contributed by atoms with Gasteiger partial charge in [-0.25, -0.2) is 0 Å². The first kappa shape index (κ1) is 9.71. The summed E-state index contributed by atoms with van der Waals surface area (Å²) in [5, 5.41) is 13.1. The monoisotopic (exact) mass is 196 g/mol.